The molecule has 1 aliphatic carbocycles. The molecule has 2 rings (SSSR count). The molecule has 1 unspecified atom stereocenters. The Kier molecular flexibility index (Phi) is 4.54. The van der Waals surface area contributed by atoms with E-state index in [4.69, 9.17) is 5.73 Å². The Balaban J connectivity index is 0.00000144. The van der Waals surface area contributed by atoms with E-state index in [0.29, 0.717) is 12.8 Å². The normalized spacial score (nSPS) is 17.9. The maximum absolute atomic E-state index is 11.3. The highest BCUT2D eigenvalue weighted by atomic mass is 35.5. The van der Waals surface area contributed by atoms with Crippen molar-refractivity contribution in [3.05, 3.63) is 35.9 Å². The minimum Gasteiger partial charge on any atom is -0.380 e. The first-order valence-electron chi connectivity index (χ1n) is 5.69. The smallest absolute Gasteiger partial charge is 0.249 e. The molecule has 94 valence electrons. The first-order valence-corrected chi connectivity index (χ1v) is 5.69. The van der Waals surface area contributed by atoms with Gasteiger partial charge in [-0.3, -0.25) is 4.79 Å². The lowest BCUT2D eigenvalue weighted by atomic mass is 9.89. The highest BCUT2D eigenvalue weighted by Gasteiger charge is 2.47. The van der Waals surface area contributed by atoms with Gasteiger partial charge >= 0.3 is 0 Å². The van der Waals surface area contributed by atoms with Crippen molar-refractivity contribution in [2.24, 2.45) is 11.7 Å². The van der Waals surface area contributed by atoms with E-state index in [-0.39, 0.29) is 18.3 Å². The fraction of sp³-hybridized carbons (Fsp3) is 0.462. The average molecular weight is 256 g/mol. The number of halogens is 1. The molecule has 3 nitrogen and oxygen atoms in total. The van der Waals surface area contributed by atoms with Gasteiger partial charge in [0.15, 0.2) is 0 Å². The molecule has 1 saturated carbocycles. The van der Waals surface area contributed by atoms with E-state index < -0.39 is 11.5 Å². The Morgan fingerprint density at radius 1 is 1.35 bits per heavy atom. The number of hydrogen-bond acceptors (Lipinski definition) is 2. The predicted molar refractivity (Wildman–Crippen MR) is 68.9 cm³/mol. The fourth-order valence-corrected chi connectivity index (χ4v) is 2.07. The SMILES string of the molecule is Cl.NC(=O)C(O)(CCc1ccccc1)C1CC1. The molecule has 1 aliphatic rings. The largest absolute Gasteiger partial charge is 0.380 e. The summed E-state index contributed by atoms with van der Waals surface area (Å²) in [6.45, 7) is 0. The standard InChI is InChI=1S/C13H17NO2.ClH/c14-12(15)13(16,11-6-7-11)9-8-10-4-2-1-3-5-10;/h1-5,11,16H,6-9H2,(H2,14,15);1H. The molecule has 1 aromatic rings. The summed E-state index contributed by atoms with van der Waals surface area (Å²) in [5, 5.41) is 10.2. The predicted octanol–water partition coefficient (Wildman–Crippen LogP) is 1.67. The van der Waals surface area contributed by atoms with Gasteiger partial charge < -0.3 is 10.8 Å². The Bertz CT molecular complexity index is 378. The van der Waals surface area contributed by atoms with Gasteiger partial charge in [0.1, 0.15) is 5.60 Å². The third-order valence-corrected chi connectivity index (χ3v) is 3.32. The summed E-state index contributed by atoms with van der Waals surface area (Å²) in [5.41, 5.74) is 5.12. The van der Waals surface area contributed by atoms with E-state index >= 15 is 0 Å². The molecule has 0 heterocycles. The molecule has 0 aromatic heterocycles. The van der Waals surface area contributed by atoms with Crippen LogP contribution in [0, 0.1) is 5.92 Å². The highest BCUT2D eigenvalue weighted by Crippen LogP contribution is 2.41. The van der Waals surface area contributed by atoms with Gasteiger partial charge in [0.2, 0.25) is 5.91 Å². The van der Waals surface area contributed by atoms with Crippen molar-refractivity contribution in [2.75, 3.05) is 0 Å². The molecule has 0 saturated heterocycles. The maximum atomic E-state index is 11.3. The molecule has 1 atom stereocenters. The van der Waals surface area contributed by atoms with Gasteiger partial charge in [-0.25, -0.2) is 0 Å². The van der Waals surface area contributed by atoms with Gasteiger partial charge in [-0.05, 0) is 37.2 Å². The zero-order valence-corrected chi connectivity index (χ0v) is 10.5. The van der Waals surface area contributed by atoms with Crippen LogP contribution < -0.4 is 5.73 Å². The zero-order valence-electron chi connectivity index (χ0n) is 9.63. The van der Waals surface area contributed by atoms with Crippen LogP contribution in [0.4, 0.5) is 0 Å². The molecule has 0 bridgehead atoms. The molecular weight excluding hydrogens is 238 g/mol. The van der Waals surface area contributed by atoms with Gasteiger partial charge in [-0.1, -0.05) is 30.3 Å². The molecule has 0 spiro atoms. The van der Waals surface area contributed by atoms with Crippen molar-refractivity contribution in [1.82, 2.24) is 0 Å². The summed E-state index contributed by atoms with van der Waals surface area (Å²) in [4.78, 5) is 11.3. The molecule has 1 amide bonds. The second-order valence-electron chi connectivity index (χ2n) is 4.55. The third kappa shape index (κ3) is 3.20. The Morgan fingerprint density at radius 2 is 1.94 bits per heavy atom. The minimum absolute atomic E-state index is 0. The lowest BCUT2D eigenvalue weighted by molar-refractivity contribution is -0.139. The number of aliphatic hydroxyl groups is 1. The Labute approximate surface area is 107 Å². The second-order valence-corrected chi connectivity index (χ2v) is 4.55. The topological polar surface area (TPSA) is 63.3 Å². The number of carbonyl (C=O) groups is 1. The monoisotopic (exact) mass is 255 g/mol. The zero-order chi connectivity index (χ0) is 11.6. The quantitative estimate of drug-likeness (QED) is 0.841. The summed E-state index contributed by atoms with van der Waals surface area (Å²) >= 11 is 0. The fourth-order valence-electron chi connectivity index (χ4n) is 2.07. The van der Waals surface area contributed by atoms with Crippen molar-refractivity contribution in [2.45, 2.75) is 31.3 Å². The molecule has 17 heavy (non-hydrogen) atoms. The van der Waals surface area contributed by atoms with Crippen LogP contribution in [0.15, 0.2) is 30.3 Å². The average Bonchev–Trinajstić information content (AvgIpc) is 3.11. The number of carbonyl (C=O) groups excluding carboxylic acids is 1. The molecule has 1 aromatic carbocycles. The summed E-state index contributed by atoms with van der Waals surface area (Å²) < 4.78 is 0. The summed E-state index contributed by atoms with van der Waals surface area (Å²) in [6.07, 6.45) is 2.94. The number of nitrogens with two attached hydrogens (primary N) is 1. The first-order chi connectivity index (χ1) is 7.63. The number of aryl methyl sites for hydroxylation is 1. The number of amides is 1. The molecule has 1 fully saturated rings. The van der Waals surface area contributed by atoms with Crippen LogP contribution in [0.1, 0.15) is 24.8 Å². The third-order valence-electron chi connectivity index (χ3n) is 3.32. The summed E-state index contributed by atoms with van der Waals surface area (Å²) in [7, 11) is 0. The molecular formula is C13H18ClNO2. The summed E-state index contributed by atoms with van der Waals surface area (Å²) in [5.74, 6) is -0.500. The Morgan fingerprint density at radius 3 is 2.41 bits per heavy atom. The van der Waals surface area contributed by atoms with E-state index in [1.807, 2.05) is 30.3 Å². The molecule has 0 radical (unpaired) electrons. The van der Waals surface area contributed by atoms with Gasteiger partial charge in [0, 0.05) is 0 Å². The maximum Gasteiger partial charge on any atom is 0.249 e. The number of benzene rings is 1. The first kappa shape index (κ1) is 14.0. The lowest BCUT2D eigenvalue weighted by Gasteiger charge is -2.24. The van der Waals surface area contributed by atoms with Gasteiger partial charge in [-0.2, -0.15) is 0 Å². The van der Waals surface area contributed by atoms with E-state index in [9.17, 15) is 9.90 Å². The second kappa shape index (κ2) is 5.52. The van der Waals surface area contributed by atoms with E-state index in [1.165, 1.54) is 0 Å². The molecule has 3 N–H and O–H groups in total. The minimum atomic E-state index is -1.30. The number of primary amides is 1. The molecule has 0 aliphatic heterocycles. The van der Waals surface area contributed by atoms with Crippen LogP contribution in [0.5, 0.6) is 0 Å². The van der Waals surface area contributed by atoms with Gasteiger partial charge in [0.05, 0.1) is 0 Å². The highest BCUT2D eigenvalue weighted by molar-refractivity contribution is 5.85. The Hall–Kier alpha value is -1.06. The summed E-state index contributed by atoms with van der Waals surface area (Å²) in [6, 6.07) is 9.85. The number of rotatable bonds is 5. The van der Waals surface area contributed by atoms with Gasteiger partial charge in [-0.15, -0.1) is 12.4 Å². The lowest BCUT2D eigenvalue weighted by Crippen LogP contribution is -2.46. The number of hydrogen-bond donors (Lipinski definition) is 2. The van der Waals surface area contributed by atoms with Crippen molar-refractivity contribution in [1.29, 1.82) is 0 Å². The van der Waals surface area contributed by atoms with E-state index in [1.54, 1.807) is 0 Å². The van der Waals surface area contributed by atoms with Gasteiger partial charge in [0.25, 0.3) is 0 Å². The van der Waals surface area contributed by atoms with Crippen molar-refractivity contribution in [3.63, 3.8) is 0 Å². The van der Waals surface area contributed by atoms with Crippen LogP contribution in [-0.2, 0) is 11.2 Å². The van der Waals surface area contributed by atoms with Crippen LogP contribution >= 0.6 is 12.4 Å². The van der Waals surface area contributed by atoms with Crippen LogP contribution in [0.2, 0.25) is 0 Å². The van der Waals surface area contributed by atoms with Crippen LogP contribution in [0.3, 0.4) is 0 Å². The van der Waals surface area contributed by atoms with Crippen molar-refractivity contribution < 1.29 is 9.90 Å². The van der Waals surface area contributed by atoms with E-state index in [0.717, 1.165) is 18.4 Å². The van der Waals surface area contributed by atoms with Crippen molar-refractivity contribution >= 4 is 18.3 Å². The van der Waals surface area contributed by atoms with Crippen molar-refractivity contribution in [3.8, 4) is 0 Å². The van der Waals surface area contributed by atoms with Crippen LogP contribution in [0.25, 0.3) is 0 Å². The van der Waals surface area contributed by atoms with E-state index in [2.05, 4.69) is 0 Å². The van der Waals surface area contributed by atoms with Crippen LogP contribution in [-0.4, -0.2) is 16.6 Å². The molecule has 4 heteroatoms.